The molecule has 2 amide bonds. The van der Waals surface area contributed by atoms with Crippen LogP contribution in [0.5, 0.6) is 0 Å². The lowest BCUT2D eigenvalue weighted by Gasteiger charge is -2.38. The first-order valence-corrected chi connectivity index (χ1v) is 40.4. The van der Waals surface area contributed by atoms with Gasteiger partial charge in [-0.2, -0.15) is 0 Å². The number of benzene rings is 4. The molecule has 0 fully saturated rings. The Labute approximate surface area is 591 Å². The van der Waals surface area contributed by atoms with Gasteiger partial charge >= 0.3 is 17.6 Å². The molecule has 6 rings (SSSR count). The Bertz CT molecular complexity index is 2510. The number of anilines is 4. The summed E-state index contributed by atoms with van der Waals surface area (Å²) < 4.78 is 10.2. The molecule has 2 heterocycles. The highest BCUT2D eigenvalue weighted by atomic mass is 16.6. The third kappa shape index (κ3) is 33.0. The second-order valence-corrected chi connectivity index (χ2v) is 28.1. The van der Waals surface area contributed by atoms with E-state index in [1.54, 1.807) is 13.8 Å². The van der Waals surface area contributed by atoms with Crippen LogP contribution < -0.4 is 37.6 Å². The molecule has 13 heteroatoms. The highest BCUT2D eigenvalue weighted by Gasteiger charge is 2.52. The summed E-state index contributed by atoms with van der Waals surface area (Å²) in [6.45, 7) is 12.6. The zero-order valence-electron chi connectivity index (χ0n) is 62.4. The maximum absolute atomic E-state index is 13.9. The van der Waals surface area contributed by atoms with Crippen LogP contribution in [0.3, 0.4) is 0 Å². The fourth-order valence-electron chi connectivity index (χ4n) is 13.8. The van der Waals surface area contributed by atoms with Crippen molar-refractivity contribution in [3.63, 3.8) is 0 Å². The van der Waals surface area contributed by atoms with Crippen LogP contribution in [-0.2, 0) is 28.7 Å². The van der Waals surface area contributed by atoms with Crippen molar-refractivity contribution in [1.82, 2.24) is 10.6 Å². The third-order valence-electron chi connectivity index (χ3n) is 19.6. The molecule has 2 aliphatic heterocycles. The molecule has 97 heavy (non-hydrogen) atoms. The van der Waals surface area contributed by atoms with E-state index in [1.807, 2.05) is 60.7 Å². The Morgan fingerprint density at radius 2 is 0.526 bits per heavy atom. The van der Waals surface area contributed by atoms with E-state index in [-0.39, 0.29) is 25.0 Å². The van der Waals surface area contributed by atoms with Crippen LogP contribution in [0.25, 0.3) is 21.5 Å². The number of rotatable bonds is 56. The molecule has 2 aliphatic rings. The molecule has 0 aliphatic carbocycles. The molecular formula is C84H141N7O6. The van der Waals surface area contributed by atoms with Crippen LogP contribution in [0.15, 0.2) is 72.8 Å². The molecule has 4 aromatic rings. The lowest BCUT2D eigenvalue weighted by Crippen LogP contribution is -2.67. The average Bonchev–Trinajstić information content (AvgIpc) is 0.756. The largest absolute Gasteiger partial charge is 0.462 e. The summed E-state index contributed by atoms with van der Waals surface area (Å²) in [5, 5.41) is 22.9. The van der Waals surface area contributed by atoms with Gasteiger partial charge in [0.2, 0.25) is 0 Å². The number of nitrogens with two attached hydrogens (primary N) is 1. The molecule has 0 unspecified atom stereocenters. The van der Waals surface area contributed by atoms with E-state index >= 15 is 0 Å². The number of esters is 2. The SMILES string of the molecule is CCCCCCCCCCCCCCCCCCN.CCCCCCCCCCCCCCCCCCNC(=O)C1(C(=O)NCCCCCCCCCCCCCCCCCC)Nc2cccc3cccc(c23)N1.CCOC(=O)C1(C(=O)OCC)Nc2cccc3cccc(c23)N1. The van der Waals surface area contributed by atoms with Gasteiger partial charge in [-0.3, -0.25) is 9.59 Å². The molecule has 4 aromatic carbocycles. The Morgan fingerprint density at radius 1 is 0.309 bits per heavy atom. The third-order valence-corrected chi connectivity index (χ3v) is 19.6. The van der Waals surface area contributed by atoms with Gasteiger partial charge in [0, 0.05) is 46.6 Å². The summed E-state index contributed by atoms with van der Waals surface area (Å²) in [4.78, 5) is 52.9. The van der Waals surface area contributed by atoms with Crippen molar-refractivity contribution >= 4 is 68.0 Å². The maximum atomic E-state index is 13.9. The van der Waals surface area contributed by atoms with Crippen LogP contribution in [0, 0.1) is 0 Å². The fraction of sp³-hybridized carbons (Fsp3) is 0.714. The average molecular weight is 1350 g/mol. The van der Waals surface area contributed by atoms with Gasteiger partial charge in [0.1, 0.15) is 0 Å². The van der Waals surface area contributed by atoms with Crippen LogP contribution in [0.2, 0.25) is 0 Å². The van der Waals surface area contributed by atoms with E-state index in [1.165, 1.54) is 283 Å². The number of amides is 2. The molecule has 0 aromatic heterocycles. The Hall–Kier alpha value is -5.56. The standard InChI is InChI=1S/C49H84N4O2.C18H39N.C17H18N2O4/c1-3-5-7-9-11-13-15-17-19-21-23-25-27-29-31-33-41-50-47(54)49(52-44-39-35-37-43-38-36-40-45(53-49)46(43)44)48(55)51-42-34-32-30-28-26-24-22-20-18-16-14-12-10-8-6-4-2;1-2-3-4-5-6-7-8-9-10-11-12-13-14-15-16-17-18-19;1-3-22-15(20)17(16(21)23-4-2)18-12-9-5-7-11-8-6-10-13(19-17)14(11)12/h35-40,52-53H,3-34,41-42H2,1-2H3,(H,50,54)(H,51,55);2-19H2,1H3;5-10,18-19H,3-4H2,1-2H3. The molecule has 548 valence electrons. The topological polar surface area (TPSA) is 185 Å². The summed E-state index contributed by atoms with van der Waals surface area (Å²) in [6.07, 6.45) is 65.1. The van der Waals surface area contributed by atoms with Gasteiger partial charge < -0.3 is 47.1 Å². The summed E-state index contributed by atoms with van der Waals surface area (Å²) in [7, 11) is 0. The molecular weight excluding hydrogens is 1200 g/mol. The number of ether oxygens (including phenoxy) is 2. The highest BCUT2D eigenvalue weighted by Crippen LogP contribution is 2.40. The quantitative estimate of drug-likeness (QED) is 0.0127. The van der Waals surface area contributed by atoms with Crippen molar-refractivity contribution in [1.29, 1.82) is 0 Å². The van der Waals surface area contributed by atoms with E-state index < -0.39 is 23.3 Å². The fourth-order valence-corrected chi connectivity index (χ4v) is 13.8. The zero-order chi connectivity index (χ0) is 69.5. The first kappa shape index (κ1) is 83.9. The lowest BCUT2D eigenvalue weighted by molar-refractivity contribution is -0.161. The Kier molecular flexibility index (Phi) is 46.9. The normalized spacial score (nSPS) is 13.0. The zero-order valence-corrected chi connectivity index (χ0v) is 62.4. The van der Waals surface area contributed by atoms with Crippen molar-refractivity contribution in [2.75, 3.05) is 54.1 Å². The van der Waals surface area contributed by atoms with E-state index in [9.17, 15) is 19.2 Å². The van der Waals surface area contributed by atoms with Gasteiger partial charge in [0.05, 0.1) is 13.2 Å². The van der Waals surface area contributed by atoms with Crippen LogP contribution in [0.4, 0.5) is 22.7 Å². The molecule has 8 N–H and O–H groups in total. The van der Waals surface area contributed by atoms with Gasteiger partial charge in [0.15, 0.2) is 0 Å². The minimum absolute atomic E-state index is 0.162. The smallest absolute Gasteiger partial charge is 0.365 e. The molecule has 0 atom stereocenters. The first-order chi connectivity index (χ1) is 47.7. The van der Waals surface area contributed by atoms with E-state index in [2.05, 4.69) is 64.8 Å². The number of carbonyl (C=O) groups excluding carboxylic acids is 4. The van der Waals surface area contributed by atoms with E-state index in [0.29, 0.717) is 24.5 Å². The molecule has 13 nitrogen and oxygen atoms in total. The summed E-state index contributed by atoms with van der Waals surface area (Å²) >= 11 is 0. The van der Waals surface area contributed by atoms with Crippen molar-refractivity contribution in [3.8, 4) is 0 Å². The van der Waals surface area contributed by atoms with Gasteiger partial charge in [-0.15, -0.1) is 0 Å². The predicted molar refractivity (Wildman–Crippen MR) is 415 cm³/mol. The second-order valence-electron chi connectivity index (χ2n) is 28.1. The molecule has 0 saturated heterocycles. The molecule has 0 spiro atoms. The van der Waals surface area contributed by atoms with E-state index in [4.69, 9.17) is 15.2 Å². The van der Waals surface area contributed by atoms with Crippen LogP contribution >= 0.6 is 0 Å². The van der Waals surface area contributed by atoms with Gasteiger partial charge in [0.25, 0.3) is 17.5 Å². The summed E-state index contributed by atoms with van der Waals surface area (Å²) in [6, 6.07) is 23.3. The van der Waals surface area contributed by atoms with Crippen molar-refractivity contribution in [2.24, 2.45) is 5.73 Å². The summed E-state index contributed by atoms with van der Waals surface area (Å²) in [5.74, 6) is -2.07. The number of unbranched alkanes of at least 4 members (excludes halogenated alkanes) is 45. The first-order valence-electron chi connectivity index (χ1n) is 40.4. The monoisotopic (exact) mass is 1340 g/mol. The van der Waals surface area contributed by atoms with Crippen molar-refractivity contribution in [2.45, 2.75) is 354 Å². The highest BCUT2D eigenvalue weighted by molar-refractivity contribution is 6.20. The van der Waals surface area contributed by atoms with Gasteiger partial charge in [-0.1, -0.05) is 358 Å². The number of hydrogen-bond donors (Lipinski definition) is 7. The Morgan fingerprint density at radius 3 is 0.753 bits per heavy atom. The van der Waals surface area contributed by atoms with Crippen molar-refractivity contribution < 1.29 is 28.7 Å². The predicted octanol–water partition coefficient (Wildman–Crippen LogP) is 22.8. The second kappa shape index (κ2) is 54.3. The van der Waals surface area contributed by atoms with Gasteiger partial charge in [-0.25, -0.2) is 9.59 Å². The van der Waals surface area contributed by atoms with Gasteiger partial charge in [-0.05, 0) is 74.7 Å². The number of hydrogen-bond acceptors (Lipinski definition) is 11. The Balaban J connectivity index is 0.000000385. The molecule has 0 saturated carbocycles. The minimum atomic E-state index is -1.78. The van der Waals surface area contributed by atoms with E-state index in [0.717, 1.165) is 65.1 Å². The number of nitrogens with one attached hydrogen (secondary N) is 6. The lowest BCUT2D eigenvalue weighted by atomic mass is 9.97. The summed E-state index contributed by atoms with van der Waals surface area (Å²) in [5.41, 5.74) is 5.08. The minimum Gasteiger partial charge on any atom is -0.462 e. The maximum Gasteiger partial charge on any atom is 0.365 e. The number of carbonyl (C=O) groups is 4. The van der Waals surface area contributed by atoms with Crippen molar-refractivity contribution in [3.05, 3.63) is 72.8 Å². The molecule has 0 radical (unpaired) electrons. The van der Waals surface area contributed by atoms with Crippen LogP contribution in [0.1, 0.15) is 343 Å². The molecule has 0 bridgehead atoms. The van der Waals surface area contributed by atoms with Crippen LogP contribution in [-0.4, -0.2) is 67.9 Å².